The van der Waals surface area contributed by atoms with Crippen molar-refractivity contribution in [1.29, 1.82) is 0 Å². The van der Waals surface area contributed by atoms with E-state index >= 15 is 0 Å². The third-order valence-electron chi connectivity index (χ3n) is 4.74. The Bertz CT molecular complexity index is 968. The number of alkyl halides is 3. The summed E-state index contributed by atoms with van der Waals surface area (Å²) in [5.41, 5.74) is 1.81. The van der Waals surface area contributed by atoms with Gasteiger partial charge in [-0.25, -0.2) is 0 Å². The van der Waals surface area contributed by atoms with Gasteiger partial charge in [-0.3, -0.25) is 4.79 Å². The number of amides is 1. The number of anilines is 2. The minimum Gasteiger partial charge on any atom is -0.486 e. The summed E-state index contributed by atoms with van der Waals surface area (Å²) in [6, 6.07) is 7.36. The predicted molar refractivity (Wildman–Crippen MR) is 105 cm³/mol. The number of aryl methyl sites for hydroxylation is 1. The second kappa shape index (κ2) is 8.14. The molecule has 0 unspecified atom stereocenters. The van der Waals surface area contributed by atoms with Crippen molar-refractivity contribution in [3.63, 3.8) is 0 Å². The number of hydrogen-bond acceptors (Lipinski definition) is 5. The van der Waals surface area contributed by atoms with E-state index in [4.69, 9.17) is 21.1 Å². The first-order chi connectivity index (χ1) is 14.3. The lowest BCUT2D eigenvalue weighted by Gasteiger charge is -2.31. The largest absolute Gasteiger partial charge is 0.573 e. The van der Waals surface area contributed by atoms with Gasteiger partial charge in [-0.2, -0.15) is 0 Å². The van der Waals surface area contributed by atoms with Crippen molar-refractivity contribution >= 4 is 28.9 Å². The fraction of sp³-hybridized carbons (Fsp3) is 0.350. The molecule has 0 saturated heterocycles. The Morgan fingerprint density at radius 1 is 1.17 bits per heavy atom. The maximum absolute atomic E-state index is 12.6. The number of hydrogen-bond donors (Lipinski definition) is 1. The van der Waals surface area contributed by atoms with E-state index in [2.05, 4.69) is 10.1 Å². The number of nitrogens with one attached hydrogen (secondary N) is 1. The van der Waals surface area contributed by atoms with Crippen LogP contribution in [0.25, 0.3) is 0 Å². The third kappa shape index (κ3) is 4.67. The molecule has 0 radical (unpaired) electrons. The first-order valence-electron chi connectivity index (χ1n) is 9.31. The fourth-order valence-corrected chi connectivity index (χ4v) is 3.74. The third-order valence-corrected chi connectivity index (χ3v) is 5.05. The van der Waals surface area contributed by atoms with Gasteiger partial charge >= 0.3 is 6.36 Å². The van der Waals surface area contributed by atoms with Gasteiger partial charge in [0.05, 0.1) is 17.3 Å². The van der Waals surface area contributed by atoms with Crippen molar-refractivity contribution in [2.45, 2.75) is 19.2 Å². The summed E-state index contributed by atoms with van der Waals surface area (Å²) >= 11 is 6.23. The zero-order valence-corrected chi connectivity index (χ0v) is 16.5. The molecule has 2 aliphatic rings. The molecular weight excluding hydrogens is 425 g/mol. The highest BCUT2D eigenvalue weighted by molar-refractivity contribution is 6.34. The zero-order chi connectivity index (χ0) is 21.3. The molecular formula is C20H18ClF3N2O4. The Balaban J connectivity index is 1.46. The van der Waals surface area contributed by atoms with Gasteiger partial charge in [-0.15, -0.1) is 13.2 Å². The summed E-state index contributed by atoms with van der Waals surface area (Å²) in [7, 11) is 0. The van der Waals surface area contributed by atoms with Crippen LogP contribution in [0.1, 0.15) is 12.0 Å². The Kier molecular flexibility index (Phi) is 5.55. The molecule has 0 fully saturated rings. The maximum Gasteiger partial charge on any atom is 0.573 e. The van der Waals surface area contributed by atoms with Crippen molar-refractivity contribution in [2.24, 2.45) is 0 Å². The van der Waals surface area contributed by atoms with Gasteiger partial charge < -0.3 is 24.4 Å². The summed E-state index contributed by atoms with van der Waals surface area (Å²) in [6.07, 6.45) is -3.43. The van der Waals surface area contributed by atoms with Crippen LogP contribution in [-0.2, 0) is 11.2 Å². The quantitative estimate of drug-likeness (QED) is 0.760. The molecule has 0 saturated carbocycles. The van der Waals surface area contributed by atoms with Crippen molar-refractivity contribution in [1.82, 2.24) is 0 Å². The van der Waals surface area contributed by atoms with Crippen LogP contribution in [0.4, 0.5) is 24.5 Å². The lowest BCUT2D eigenvalue weighted by molar-refractivity contribution is -0.274. The topological polar surface area (TPSA) is 60.0 Å². The second-order valence-electron chi connectivity index (χ2n) is 6.89. The summed E-state index contributed by atoms with van der Waals surface area (Å²) in [4.78, 5) is 14.4. The highest BCUT2D eigenvalue weighted by Gasteiger charge is 2.31. The minimum absolute atomic E-state index is 0.0250. The Morgan fingerprint density at radius 2 is 1.90 bits per heavy atom. The van der Waals surface area contributed by atoms with Crippen molar-refractivity contribution < 1.29 is 32.2 Å². The SMILES string of the molecule is O=C(CN1CCCc2cc(OC(F)(F)F)ccc21)Nc1cc2c(cc1Cl)OCCO2. The summed E-state index contributed by atoms with van der Waals surface area (Å²) < 4.78 is 52.3. The van der Waals surface area contributed by atoms with Crippen LogP contribution in [0, 0.1) is 0 Å². The number of ether oxygens (including phenoxy) is 3. The van der Waals surface area contributed by atoms with Crippen LogP contribution >= 0.6 is 11.6 Å². The van der Waals surface area contributed by atoms with E-state index in [-0.39, 0.29) is 18.2 Å². The van der Waals surface area contributed by atoms with E-state index in [1.807, 2.05) is 4.90 Å². The van der Waals surface area contributed by atoms with Gasteiger partial charge in [0.15, 0.2) is 11.5 Å². The summed E-state index contributed by atoms with van der Waals surface area (Å²) in [6.45, 7) is 1.47. The number of nitrogens with zero attached hydrogens (tertiary/aromatic N) is 1. The van der Waals surface area contributed by atoms with Crippen molar-refractivity contribution in [3.05, 3.63) is 40.9 Å². The molecule has 0 aliphatic carbocycles. The van der Waals surface area contributed by atoms with Crippen molar-refractivity contribution in [2.75, 3.05) is 36.5 Å². The monoisotopic (exact) mass is 442 g/mol. The molecule has 2 aliphatic heterocycles. The average Bonchev–Trinajstić information content (AvgIpc) is 2.67. The van der Waals surface area contributed by atoms with Crippen LogP contribution in [-0.4, -0.2) is 38.6 Å². The summed E-state index contributed by atoms with van der Waals surface area (Å²) in [5.74, 6) is 0.445. The van der Waals surface area contributed by atoms with Crippen LogP contribution in [0.5, 0.6) is 17.2 Å². The van der Waals surface area contributed by atoms with E-state index in [1.54, 1.807) is 18.2 Å². The Labute approximate surface area is 175 Å². The van der Waals surface area contributed by atoms with E-state index in [0.717, 1.165) is 0 Å². The van der Waals surface area contributed by atoms with Crippen LogP contribution < -0.4 is 24.4 Å². The van der Waals surface area contributed by atoms with Gasteiger partial charge in [0.1, 0.15) is 19.0 Å². The number of benzene rings is 2. The molecule has 6 nitrogen and oxygen atoms in total. The molecule has 160 valence electrons. The molecule has 2 heterocycles. The highest BCUT2D eigenvalue weighted by atomic mass is 35.5. The van der Waals surface area contributed by atoms with Crippen LogP contribution in [0.15, 0.2) is 30.3 Å². The molecule has 0 atom stereocenters. The van der Waals surface area contributed by atoms with Crippen LogP contribution in [0.3, 0.4) is 0 Å². The maximum atomic E-state index is 12.6. The lowest BCUT2D eigenvalue weighted by atomic mass is 10.0. The average molecular weight is 443 g/mol. The first-order valence-corrected chi connectivity index (χ1v) is 9.69. The molecule has 0 aromatic heterocycles. The van der Waals surface area contributed by atoms with E-state index < -0.39 is 6.36 Å². The summed E-state index contributed by atoms with van der Waals surface area (Å²) in [5, 5.41) is 3.08. The molecule has 0 bridgehead atoms. The normalized spacial score (nSPS) is 15.4. The molecule has 4 rings (SSSR count). The van der Waals surface area contributed by atoms with Gasteiger partial charge in [-0.1, -0.05) is 11.6 Å². The van der Waals surface area contributed by atoms with E-state index in [9.17, 15) is 18.0 Å². The second-order valence-corrected chi connectivity index (χ2v) is 7.29. The van der Waals surface area contributed by atoms with Gasteiger partial charge in [0, 0.05) is 24.4 Å². The Morgan fingerprint density at radius 3 is 2.63 bits per heavy atom. The lowest BCUT2D eigenvalue weighted by Crippen LogP contribution is -2.36. The van der Waals surface area contributed by atoms with Gasteiger partial charge in [-0.05, 0) is 36.6 Å². The number of carbonyl (C=O) groups is 1. The molecule has 2 aromatic carbocycles. The smallest absolute Gasteiger partial charge is 0.486 e. The van der Waals surface area contributed by atoms with Gasteiger partial charge in [0.2, 0.25) is 5.91 Å². The number of rotatable bonds is 4. The van der Waals surface area contributed by atoms with Crippen LogP contribution in [0.2, 0.25) is 5.02 Å². The predicted octanol–water partition coefficient (Wildman–Crippen LogP) is 4.40. The molecule has 2 aromatic rings. The molecule has 1 amide bonds. The number of carbonyl (C=O) groups excluding carboxylic acids is 1. The first kappa shape index (κ1) is 20.5. The highest BCUT2D eigenvalue weighted by Crippen LogP contribution is 2.38. The molecule has 1 N–H and O–H groups in total. The molecule has 10 heteroatoms. The zero-order valence-electron chi connectivity index (χ0n) is 15.7. The van der Waals surface area contributed by atoms with Crippen molar-refractivity contribution in [3.8, 4) is 17.2 Å². The molecule has 30 heavy (non-hydrogen) atoms. The molecule has 0 spiro atoms. The minimum atomic E-state index is -4.74. The number of halogens is 4. The Hall–Kier alpha value is -2.81. The van der Waals surface area contributed by atoms with E-state index in [0.29, 0.717) is 66.1 Å². The fourth-order valence-electron chi connectivity index (χ4n) is 3.54. The number of fused-ring (bicyclic) bond motifs is 2. The van der Waals surface area contributed by atoms with E-state index in [1.165, 1.54) is 12.1 Å². The van der Waals surface area contributed by atoms with Gasteiger partial charge in [0.25, 0.3) is 0 Å². The standard InChI is InChI=1S/C20H18ClF3N2O4/c21-14-9-17-18(29-7-6-28-17)10-15(14)25-19(27)11-26-5-1-2-12-8-13(3-4-16(12)26)30-20(22,23)24/h3-4,8-10H,1-2,5-7,11H2,(H,25,27).